The number of nitrogens with zero attached hydrogens (tertiary/aromatic N) is 2. The Balaban J connectivity index is 2.31. The fourth-order valence-corrected chi connectivity index (χ4v) is 1.92. The molecule has 0 aliphatic heterocycles. The number of aromatic nitrogens is 2. The van der Waals surface area contributed by atoms with E-state index in [9.17, 15) is 4.79 Å². The zero-order chi connectivity index (χ0) is 13.8. The van der Waals surface area contributed by atoms with Crippen molar-refractivity contribution in [2.75, 3.05) is 6.54 Å². The molecule has 1 aromatic carbocycles. The molecule has 0 aliphatic rings. The lowest BCUT2D eigenvalue weighted by Crippen LogP contribution is -2.43. The third kappa shape index (κ3) is 2.88. The second kappa shape index (κ2) is 5.75. The Morgan fingerprint density at radius 1 is 1.32 bits per heavy atom. The summed E-state index contributed by atoms with van der Waals surface area (Å²) in [6.07, 6.45) is 3.20. The number of para-hydroxylation sites is 1. The van der Waals surface area contributed by atoms with E-state index in [0.29, 0.717) is 23.1 Å². The first-order valence-electron chi connectivity index (χ1n) is 6.34. The summed E-state index contributed by atoms with van der Waals surface area (Å²) in [6, 6.07) is 5.35. The molecular formula is C14H18N4O. The minimum atomic E-state index is -0.157. The molecule has 1 heterocycles. The number of rotatable bonds is 4. The van der Waals surface area contributed by atoms with Crippen molar-refractivity contribution in [3.05, 3.63) is 36.2 Å². The van der Waals surface area contributed by atoms with Gasteiger partial charge in [0.15, 0.2) is 0 Å². The van der Waals surface area contributed by atoms with Crippen molar-refractivity contribution < 1.29 is 4.79 Å². The number of hydrogen-bond donors (Lipinski definition) is 2. The topological polar surface area (TPSA) is 80.9 Å². The van der Waals surface area contributed by atoms with E-state index in [1.165, 1.54) is 0 Å². The van der Waals surface area contributed by atoms with Crippen molar-refractivity contribution in [3.63, 3.8) is 0 Å². The van der Waals surface area contributed by atoms with Crippen LogP contribution in [0.1, 0.15) is 24.2 Å². The Labute approximate surface area is 112 Å². The molecule has 2 aromatic rings. The van der Waals surface area contributed by atoms with Gasteiger partial charge in [0, 0.05) is 25.0 Å². The van der Waals surface area contributed by atoms with E-state index in [2.05, 4.69) is 15.3 Å². The van der Waals surface area contributed by atoms with Gasteiger partial charge in [-0.1, -0.05) is 19.9 Å². The number of nitrogens with one attached hydrogen (secondary N) is 1. The number of amides is 1. The lowest BCUT2D eigenvalue weighted by Gasteiger charge is -2.20. The Bertz CT molecular complexity index is 577. The molecule has 3 N–H and O–H groups in total. The zero-order valence-electron chi connectivity index (χ0n) is 11.1. The minimum Gasteiger partial charge on any atom is -0.348 e. The third-order valence-corrected chi connectivity index (χ3v) is 3.12. The van der Waals surface area contributed by atoms with E-state index in [1.54, 1.807) is 24.5 Å². The van der Waals surface area contributed by atoms with E-state index in [1.807, 2.05) is 19.9 Å². The van der Waals surface area contributed by atoms with E-state index in [0.717, 1.165) is 0 Å². The van der Waals surface area contributed by atoms with Crippen LogP contribution in [0.25, 0.3) is 11.0 Å². The van der Waals surface area contributed by atoms with Gasteiger partial charge in [0.05, 0.1) is 11.1 Å². The predicted octanol–water partition coefficient (Wildman–Crippen LogP) is 1.34. The average molecular weight is 258 g/mol. The van der Waals surface area contributed by atoms with Crippen LogP contribution in [0.3, 0.4) is 0 Å². The van der Waals surface area contributed by atoms with Gasteiger partial charge in [-0.15, -0.1) is 0 Å². The van der Waals surface area contributed by atoms with E-state index in [-0.39, 0.29) is 17.9 Å². The van der Waals surface area contributed by atoms with Crippen LogP contribution in [-0.4, -0.2) is 28.5 Å². The molecule has 0 spiro atoms. The summed E-state index contributed by atoms with van der Waals surface area (Å²) in [5, 5.41) is 2.94. The number of fused-ring (bicyclic) bond motifs is 1. The standard InChI is InChI=1S/C14H18N4O/c1-9(2)12(8-15)18-14(19)10-4-3-5-11-13(10)17-7-6-16-11/h3-7,9,12H,8,15H2,1-2H3,(H,18,19). The predicted molar refractivity (Wildman–Crippen MR) is 74.7 cm³/mol. The molecule has 0 saturated carbocycles. The highest BCUT2D eigenvalue weighted by Gasteiger charge is 2.17. The van der Waals surface area contributed by atoms with Gasteiger partial charge in [0.2, 0.25) is 0 Å². The van der Waals surface area contributed by atoms with Crippen LogP contribution in [0, 0.1) is 5.92 Å². The molecule has 1 aromatic heterocycles. The number of hydrogen-bond acceptors (Lipinski definition) is 4. The van der Waals surface area contributed by atoms with Crippen LogP contribution < -0.4 is 11.1 Å². The Kier molecular flexibility index (Phi) is 4.06. The van der Waals surface area contributed by atoms with Gasteiger partial charge < -0.3 is 11.1 Å². The molecule has 0 bridgehead atoms. The van der Waals surface area contributed by atoms with Crippen LogP contribution in [0.4, 0.5) is 0 Å². The number of carbonyl (C=O) groups is 1. The fourth-order valence-electron chi connectivity index (χ4n) is 1.92. The van der Waals surface area contributed by atoms with Crippen molar-refractivity contribution >= 4 is 16.9 Å². The summed E-state index contributed by atoms with van der Waals surface area (Å²) in [6.45, 7) is 4.47. The van der Waals surface area contributed by atoms with Crippen molar-refractivity contribution in [2.45, 2.75) is 19.9 Å². The third-order valence-electron chi connectivity index (χ3n) is 3.12. The maximum Gasteiger partial charge on any atom is 0.253 e. The van der Waals surface area contributed by atoms with Gasteiger partial charge in [-0.2, -0.15) is 0 Å². The largest absolute Gasteiger partial charge is 0.348 e. The van der Waals surface area contributed by atoms with Gasteiger partial charge in [-0.25, -0.2) is 0 Å². The van der Waals surface area contributed by atoms with Gasteiger partial charge in [0.1, 0.15) is 5.52 Å². The summed E-state index contributed by atoms with van der Waals surface area (Å²) >= 11 is 0. The lowest BCUT2D eigenvalue weighted by molar-refractivity contribution is 0.0929. The molecular weight excluding hydrogens is 240 g/mol. The Morgan fingerprint density at radius 2 is 2.05 bits per heavy atom. The number of carbonyl (C=O) groups excluding carboxylic acids is 1. The van der Waals surface area contributed by atoms with E-state index in [4.69, 9.17) is 5.73 Å². The molecule has 0 radical (unpaired) electrons. The van der Waals surface area contributed by atoms with Gasteiger partial charge in [-0.05, 0) is 18.1 Å². The molecule has 5 heteroatoms. The van der Waals surface area contributed by atoms with Crippen molar-refractivity contribution in [1.29, 1.82) is 0 Å². The van der Waals surface area contributed by atoms with E-state index >= 15 is 0 Å². The lowest BCUT2D eigenvalue weighted by atomic mass is 10.0. The molecule has 0 fully saturated rings. The normalized spacial score (nSPS) is 12.6. The SMILES string of the molecule is CC(C)C(CN)NC(=O)c1cccc2nccnc12. The molecule has 19 heavy (non-hydrogen) atoms. The smallest absolute Gasteiger partial charge is 0.253 e. The highest BCUT2D eigenvalue weighted by Crippen LogP contribution is 2.14. The molecule has 2 rings (SSSR count). The molecule has 0 saturated heterocycles. The molecule has 1 unspecified atom stereocenters. The summed E-state index contributed by atoms with van der Waals surface area (Å²) in [5.74, 6) is 0.130. The minimum absolute atomic E-state index is 0.0422. The number of nitrogens with two attached hydrogens (primary N) is 1. The first kappa shape index (κ1) is 13.4. The quantitative estimate of drug-likeness (QED) is 0.867. The summed E-state index contributed by atoms with van der Waals surface area (Å²) in [4.78, 5) is 20.7. The second-order valence-corrected chi connectivity index (χ2v) is 4.79. The van der Waals surface area contributed by atoms with Gasteiger partial charge >= 0.3 is 0 Å². The summed E-state index contributed by atoms with van der Waals surface area (Å²) in [5.41, 5.74) is 7.53. The average Bonchev–Trinajstić information content (AvgIpc) is 2.43. The zero-order valence-corrected chi connectivity index (χ0v) is 11.1. The van der Waals surface area contributed by atoms with Crippen molar-refractivity contribution in [3.8, 4) is 0 Å². The Morgan fingerprint density at radius 3 is 2.74 bits per heavy atom. The maximum atomic E-state index is 12.3. The van der Waals surface area contributed by atoms with Crippen LogP contribution in [-0.2, 0) is 0 Å². The van der Waals surface area contributed by atoms with E-state index < -0.39 is 0 Å². The van der Waals surface area contributed by atoms with Gasteiger partial charge in [0.25, 0.3) is 5.91 Å². The van der Waals surface area contributed by atoms with Crippen LogP contribution in [0.15, 0.2) is 30.6 Å². The van der Waals surface area contributed by atoms with Crippen molar-refractivity contribution in [1.82, 2.24) is 15.3 Å². The molecule has 1 atom stereocenters. The molecule has 5 nitrogen and oxygen atoms in total. The van der Waals surface area contributed by atoms with Crippen LogP contribution in [0.2, 0.25) is 0 Å². The molecule has 1 amide bonds. The first-order chi connectivity index (χ1) is 9.13. The highest BCUT2D eigenvalue weighted by molar-refractivity contribution is 6.04. The number of benzene rings is 1. The van der Waals surface area contributed by atoms with Gasteiger partial charge in [-0.3, -0.25) is 14.8 Å². The van der Waals surface area contributed by atoms with Crippen LogP contribution >= 0.6 is 0 Å². The fraction of sp³-hybridized carbons (Fsp3) is 0.357. The summed E-state index contributed by atoms with van der Waals surface area (Å²) < 4.78 is 0. The highest BCUT2D eigenvalue weighted by atomic mass is 16.1. The Hall–Kier alpha value is -2.01. The van der Waals surface area contributed by atoms with Crippen LogP contribution in [0.5, 0.6) is 0 Å². The maximum absolute atomic E-state index is 12.3. The van der Waals surface area contributed by atoms with Crippen molar-refractivity contribution in [2.24, 2.45) is 11.7 Å². The summed E-state index contributed by atoms with van der Waals surface area (Å²) in [7, 11) is 0. The molecule has 100 valence electrons. The monoisotopic (exact) mass is 258 g/mol. The first-order valence-corrected chi connectivity index (χ1v) is 6.34. The second-order valence-electron chi connectivity index (χ2n) is 4.79. The molecule has 0 aliphatic carbocycles.